The van der Waals surface area contributed by atoms with Crippen LogP contribution in [-0.2, 0) is 10.0 Å². The molecule has 0 heterocycles. The molecule has 0 aliphatic heterocycles. The number of amides is 1. The number of benzene rings is 2. The van der Waals surface area contributed by atoms with Gasteiger partial charge in [-0.2, -0.15) is 0 Å². The van der Waals surface area contributed by atoms with E-state index in [1.807, 2.05) is 19.1 Å². The second kappa shape index (κ2) is 10.3. The van der Waals surface area contributed by atoms with Crippen molar-refractivity contribution in [1.29, 1.82) is 0 Å². The zero-order valence-corrected chi connectivity index (χ0v) is 18.0. The number of carbonyl (C=O) groups is 1. The highest BCUT2D eigenvalue weighted by Gasteiger charge is 2.23. The minimum Gasteiger partial charge on any atom is -0.495 e. The van der Waals surface area contributed by atoms with Gasteiger partial charge in [-0.05, 0) is 44.3 Å². The lowest BCUT2D eigenvalue weighted by molar-refractivity contribution is 0.0796. The number of nitrogens with one attached hydrogen (secondary N) is 2. The summed E-state index contributed by atoms with van der Waals surface area (Å²) in [6.07, 6.45) is 0. The van der Waals surface area contributed by atoms with Crippen LogP contribution in [0.1, 0.15) is 15.9 Å². The van der Waals surface area contributed by atoms with Crippen molar-refractivity contribution in [2.75, 3.05) is 39.0 Å². The van der Waals surface area contributed by atoms with E-state index in [4.69, 9.17) is 4.74 Å². The van der Waals surface area contributed by atoms with Crippen molar-refractivity contribution < 1.29 is 17.9 Å². The fraction of sp³-hybridized carbons (Fsp3) is 0.316. The monoisotopic (exact) mass is 427 g/mol. The van der Waals surface area contributed by atoms with Crippen molar-refractivity contribution in [3.05, 3.63) is 53.6 Å². The normalized spacial score (nSPS) is 10.7. The topological polar surface area (TPSA) is 87.7 Å². The summed E-state index contributed by atoms with van der Waals surface area (Å²) in [6.45, 7) is 3.06. The number of rotatable bonds is 8. The summed E-state index contributed by atoms with van der Waals surface area (Å²) in [5, 5.41) is 2.97. The van der Waals surface area contributed by atoms with Gasteiger partial charge in [0.05, 0.1) is 7.11 Å². The number of hydrogen-bond acceptors (Lipinski definition) is 5. The van der Waals surface area contributed by atoms with Crippen molar-refractivity contribution in [2.24, 2.45) is 0 Å². The van der Waals surface area contributed by atoms with E-state index >= 15 is 0 Å². The number of anilines is 1. The lowest BCUT2D eigenvalue weighted by atomic mass is 10.2. The third-order valence-electron chi connectivity index (χ3n) is 4.05. The van der Waals surface area contributed by atoms with Crippen LogP contribution in [0.4, 0.5) is 5.69 Å². The molecule has 0 saturated carbocycles. The Labute approximate surface area is 172 Å². The molecule has 2 aromatic carbocycles. The molecule has 0 bridgehead atoms. The fourth-order valence-corrected chi connectivity index (χ4v) is 3.71. The number of methoxy groups -OCH3 is 1. The minimum atomic E-state index is -3.93. The molecule has 0 aliphatic rings. The molecule has 0 spiro atoms. The van der Waals surface area contributed by atoms with Gasteiger partial charge >= 0.3 is 0 Å². The number of ether oxygens (including phenoxy) is 1. The molecule has 0 aromatic heterocycles. The molecule has 154 valence electrons. The van der Waals surface area contributed by atoms with E-state index in [1.165, 1.54) is 24.1 Å². The van der Waals surface area contributed by atoms with Crippen LogP contribution in [0.3, 0.4) is 0 Å². The van der Waals surface area contributed by atoms with Gasteiger partial charge in [-0.3, -0.25) is 9.52 Å². The number of nitrogens with zero attached hydrogens (tertiary/aromatic N) is 1. The molecule has 28 heavy (non-hydrogen) atoms. The van der Waals surface area contributed by atoms with Gasteiger partial charge in [-0.15, -0.1) is 12.4 Å². The molecule has 2 rings (SSSR count). The summed E-state index contributed by atoms with van der Waals surface area (Å²) in [5.41, 5.74) is 1.73. The van der Waals surface area contributed by atoms with Gasteiger partial charge in [0.2, 0.25) is 0 Å². The van der Waals surface area contributed by atoms with E-state index in [1.54, 1.807) is 32.3 Å². The third-order valence-corrected chi connectivity index (χ3v) is 5.45. The van der Waals surface area contributed by atoms with Crippen LogP contribution in [0.25, 0.3) is 0 Å². The molecule has 7 nitrogen and oxygen atoms in total. The van der Waals surface area contributed by atoms with Crippen molar-refractivity contribution in [1.82, 2.24) is 10.2 Å². The summed E-state index contributed by atoms with van der Waals surface area (Å²) in [6, 6.07) is 11.4. The van der Waals surface area contributed by atoms with Gasteiger partial charge in [-0.1, -0.05) is 17.7 Å². The first-order valence-corrected chi connectivity index (χ1v) is 9.94. The first kappa shape index (κ1) is 23.7. The lowest BCUT2D eigenvalue weighted by Gasteiger charge is -2.18. The van der Waals surface area contributed by atoms with Crippen molar-refractivity contribution in [3.8, 4) is 5.75 Å². The van der Waals surface area contributed by atoms with Crippen LogP contribution in [-0.4, -0.2) is 53.5 Å². The maximum atomic E-state index is 12.9. The van der Waals surface area contributed by atoms with E-state index in [2.05, 4.69) is 10.0 Å². The van der Waals surface area contributed by atoms with Crippen LogP contribution in [0.5, 0.6) is 5.75 Å². The quantitative estimate of drug-likeness (QED) is 0.675. The minimum absolute atomic E-state index is 0. The first-order valence-electron chi connectivity index (χ1n) is 8.46. The molecule has 0 unspecified atom stereocenters. The number of sulfonamides is 1. The van der Waals surface area contributed by atoms with Gasteiger partial charge < -0.3 is 15.0 Å². The summed E-state index contributed by atoms with van der Waals surface area (Å²) in [4.78, 5) is 14.0. The Morgan fingerprint density at radius 1 is 1.14 bits per heavy atom. The molecule has 1 amide bonds. The molecule has 2 aromatic rings. The third kappa shape index (κ3) is 5.85. The van der Waals surface area contributed by atoms with Crippen molar-refractivity contribution in [2.45, 2.75) is 11.8 Å². The van der Waals surface area contributed by atoms with Gasteiger partial charge in [0.15, 0.2) is 0 Å². The number of hydrogen-bond donors (Lipinski definition) is 2. The predicted molar refractivity (Wildman–Crippen MR) is 113 cm³/mol. The largest absolute Gasteiger partial charge is 0.495 e. The predicted octanol–water partition coefficient (Wildman–Crippen LogP) is 2.52. The summed E-state index contributed by atoms with van der Waals surface area (Å²) < 4.78 is 33.4. The van der Waals surface area contributed by atoms with Crippen LogP contribution in [0.2, 0.25) is 0 Å². The Kier molecular flexibility index (Phi) is 8.74. The Morgan fingerprint density at radius 3 is 2.36 bits per heavy atom. The second-order valence-corrected chi connectivity index (χ2v) is 7.82. The molecule has 0 atom stereocenters. The molecule has 0 fully saturated rings. The molecule has 0 aliphatic carbocycles. The maximum absolute atomic E-state index is 12.9. The zero-order valence-electron chi connectivity index (χ0n) is 16.4. The summed E-state index contributed by atoms with van der Waals surface area (Å²) in [5.74, 6) is -0.0938. The molecule has 0 saturated heterocycles. The van der Waals surface area contributed by atoms with Crippen LogP contribution in [0, 0.1) is 6.92 Å². The molecule has 2 N–H and O–H groups in total. The Hall–Kier alpha value is -2.29. The number of carbonyl (C=O) groups excluding carboxylic acids is 1. The average Bonchev–Trinajstić information content (AvgIpc) is 2.66. The van der Waals surface area contributed by atoms with Gasteiger partial charge in [0, 0.05) is 31.4 Å². The number of halogens is 1. The molecule has 0 radical (unpaired) electrons. The van der Waals surface area contributed by atoms with Crippen molar-refractivity contribution in [3.63, 3.8) is 0 Å². The highest BCUT2D eigenvalue weighted by Crippen LogP contribution is 2.27. The maximum Gasteiger partial charge on any atom is 0.265 e. The van der Waals surface area contributed by atoms with Crippen LogP contribution in [0.15, 0.2) is 47.4 Å². The smallest absolute Gasteiger partial charge is 0.265 e. The van der Waals surface area contributed by atoms with E-state index < -0.39 is 10.0 Å². The van der Waals surface area contributed by atoms with Crippen molar-refractivity contribution >= 4 is 34.0 Å². The van der Waals surface area contributed by atoms with Crippen LogP contribution < -0.4 is 14.8 Å². The van der Waals surface area contributed by atoms with Gasteiger partial charge in [0.25, 0.3) is 15.9 Å². The highest BCUT2D eigenvalue weighted by molar-refractivity contribution is 7.92. The molecular weight excluding hydrogens is 402 g/mol. The zero-order chi connectivity index (χ0) is 20.0. The van der Waals surface area contributed by atoms with E-state index in [-0.39, 0.29) is 34.5 Å². The fourth-order valence-electron chi connectivity index (χ4n) is 2.45. The number of aryl methyl sites for hydroxylation is 1. The molecular formula is C19H26ClN3O4S. The summed E-state index contributed by atoms with van der Waals surface area (Å²) in [7, 11) is 0.932. The Bertz CT molecular complexity index is 902. The SMILES string of the molecule is CNCCN(C)C(=O)c1ccc(OC)c(S(=O)(=O)Nc2ccc(C)cc2)c1.Cl. The van der Waals surface area contributed by atoms with Crippen LogP contribution >= 0.6 is 12.4 Å². The first-order chi connectivity index (χ1) is 12.8. The number of likely N-dealkylation sites (N-methyl/N-ethyl adjacent to an activating group) is 2. The summed E-state index contributed by atoms with van der Waals surface area (Å²) >= 11 is 0. The van der Waals surface area contributed by atoms with E-state index in [0.717, 1.165) is 5.56 Å². The van der Waals surface area contributed by atoms with Gasteiger partial charge in [0.1, 0.15) is 10.6 Å². The Balaban J connectivity index is 0.00000392. The lowest BCUT2D eigenvalue weighted by Crippen LogP contribution is -2.32. The van der Waals surface area contributed by atoms with E-state index in [0.29, 0.717) is 18.8 Å². The van der Waals surface area contributed by atoms with E-state index in [9.17, 15) is 13.2 Å². The second-order valence-electron chi connectivity index (χ2n) is 6.17. The highest BCUT2D eigenvalue weighted by atomic mass is 35.5. The Morgan fingerprint density at radius 2 is 1.79 bits per heavy atom. The average molecular weight is 428 g/mol. The molecule has 9 heteroatoms. The van der Waals surface area contributed by atoms with Gasteiger partial charge in [-0.25, -0.2) is 8.42 Å². The standard InChI is InChI=1S/C19H25N3O4S.ClH/c1-14-5-8-16(9-6-14)21-27(24,25)18-13-15(7-10-17(18)26-4)19(23)22(3)12-11-20-2;/h5-10,13,20-21H,11-12H2,1-4H3;1H.